The Balaban J connectivity index is 1.71. The van der Waals surface area contributed by atoms with Crippen LogP contribution in [-0.2, 0) is 6.54 Å². The van der Waals surface area contributed by atoms with E-state index >= 15 is 0 Å². The van der Waals surface area contributed by atoms with Gasteiger partial charge in [-0.3, -0.25) is 4.68 Å². The van der Waals surface area contributed by atoms with E-state index in [9.17, 15) is 0 Å². The van der Waals surface area contributed by atoms with Gasteiger partial charge < -0.3 is 10.0 Å². The number of aliphatic hydroxyl groups is 1. The van der Waals surface area contributed by atoms with Crippen molar-refractivity contribution in [2.45, 2.75) is 39.2 Å². The second-order valence-electron chi connectivity index (χ2n) is 6.29. The molecule has 1 aliphatic rings. The van der Waals surface area contributed by atoms with Gasteiger partial charge in [-0.25, -0.2) is 0 Å². The summed E-state index contributed by atoms with van der Waals surface area (Å²) in [6, 6.07) is 2.12. The van der Waals surface area contributed by atoms with Gasteiger partial charge in [-0.1, -0.05) is 13.8 Å². The van der Waals surface area contributed by atoms with Crippen LogP contribution in [0.4, 0.5) is 0 Å². The molecule has 2 heterocycles. The van der Waals surface area contributed by atoms with Crippen molar-refractivity contribution in [2.75, 3.05) is 37.7 Å². The molecule has 2 rings (SSSR count). The Bertz CT molecular complexity index is 400. The van der Waals surface area contributed by atoms with E-state index in [0.29, 0.717) is 12.5 Å². The summed E-state index contributed by atoms with van der Waals surface area (Å²) in [7, 11) is 0. The molecule has 1 N–H and O–H groups in total. The van der Waals surface area contributed by atoms with Crippen molar-refractivity contribution in [3.63, 3.8) is 0 Å². The zero-order chi connectivity index (χ0) is 15.1. The van der Waals surface area contributed by atoms with Crippen LogP contribution >= 0.6 is 11.8 Å². The van der Waals surface area contributed by atoms with Crippen LogP contribution in [0.3, 0.4) is 0 Å². The first-order valence-corrected chi connectivity index (χ1v) is 9.29. The normalized spacial score (nSPS) is 17.7. The maximum atomic E-state index is 9.09. The molecule has 4 nitrogen and oxygen atoms in total. The molecule has 1 aromatic rings. The van der Waals surface area contributed by atoms with Gasteiger partial charge in [0, 0.05) is 30.1 Å². The molecule has 0 amide bonds. The Morgan fingerprint density at radius 3 is 2.76 bits per heavy atom. The Morgan fingerprint density at radius 2 is 2.10 bits per heavy atom. The molecule has 1 fully saturated rings. The minimum atomic E-state index is 0.167. The third-order valence-corrected chi connectivity index (χ3v) is 5.44. The highest BCUT2D eigenvalue weighted by atomic mass is 32.2. The molecule has 0 aliphatic carbocycles. The van der Waals surface area contributed by atoms with E-state index in [1.807, 2.05) is 10.9 Å². The summed E-state index contributed by atoms with van der Waals surface area (Å²) >= 11 is 2.08. The highest BCUT2D eigenvalue weighted by Crippen LogP contribution is 2.27. The summed E-state index contributed by atoms with van der Waals surface area (Å²) in [5.74, 6) is 3.94. The first-order valence-electron chi connectivity index (χ1n) is 8.13. The lowest BCUT2D eigenvalue weighted by Crippen LogP contribution is -2.35. The van der Waals surface area contributed by atoms with E-state index in [0.717, 1.165) is 5.92 Å². The lowest BCUT2D eigenvalue weighted by Gasteiger charge is -2.32. The molecule has 120 valence electrons. The maximum Gasteiger partial charge on any atom is 0.0644 e. The van der Waals surface area contributed by atoms with Gasteiger partial charge in [-0.2, -0.15) is 16.9 Å². The van der Waals surface area contributed by atoms with Crippen LogP contribution in [-0.4, -0.2) is 57.5 Å². The van der Waals surface area contributed by atoms with Crippen LogP contribution in [0.1, 0.15) is 38.3 Å². The number of thioether (sulfide) groups is 1. The third kappa shape index (κ3) is 5.31. The second-order valence-corrected chi connectivity index (χ2v) is 7.44. The predicted octanol–water partition coefficient (Wildman–Crippen LogP) is 2.44. The number of nitrogens with zero attached hydrogens (tertiary/aromatic N) is 3. The van der Waals surface area contributed by atoms with Crippen molar-refractivity contribution in [1.29, 1.82) is 0 Å². The Morgan fingerprint density at radius 1 is 1.33 bits per heavy atom. The van der Waals surface area contributed by atoms with E-state index in [1.165, 1.54) is 49.7 Å². The summed E-state index contributed by atoms with van der Waals surface area (Å²) in [5, 5.41) is 13.4. The molecular formula is C16H29N3OS. The molecule has 1 aliphatic heterocycles. The first kappa shape index (κ1) is 16.8. The van der Waals surface area contributed by atoms with Crippen LogP contribution in [0.2, 0.25) is 0 Å². The summed E-state index contributed by atoms with van der Waals surface area (Å²) < 4.78 is 1.97. The molecule has 0 saturated carbocycles. The number of rotatable bonds is 8. The van der Waals surface area contributed by atoms with Crippen molar-refractivity contribution in [1.82, 2.24) is 14.7 Å². The van der Waals surface area contributed by atoms with Crippen molar-refractivity contribution in [3.8, 4) is 0 Å². The molecule has 21 heavy (non-hydrogen) atoms. The number of aliphatic hydroxyl groups excluding tert-OH is 1. The fraction of sp³-hybridized carbons (Fsp3) is 0.812. The van der Waals surface area contributed by atoms with Gasteiger partial charge in [0.05, 0.1) is 13.2 Å². The quantitative estimate of drug-likeness (QED) is 0.749. The van der Waals surface area contributed by atoms with Crippen LogP contribution < -0.4 is 0 Å². The molecule has 0 unspecified atom stereocenters. The largest absolute Gasteiger partial charge is 0.394 e. The molecule has 0 bridgehead atoms. The van der Waals surface area contributed by atoms with Crippen LogP contribution in [0, 0.1) is 5.92 Å². The average Bonchev–Trinajstić information content (AvgIpc) is 2.93. The van der Waals surface area contributed by atoms with Gasteiger partial charge in [0.1, 0.15) is 0 Å². The van der Waals surface area contributed by atoms with Gasteiger partial charge in [-0.05, 0) is 43.7 Å². The van der Waals surface area contributed by atoms with Gasteiger partial charge in [-0.15, -0.1) is 0 Å². The number of aromatic nitrogens is 2. The van der Waals surface area contributed by atoms with Crippen molar-refractivity contribution >= 4 is 11.8 Å². The third-order valence-electron chi connectivity index (χ3n) is 4.07. The van der Waals surface area contributed by atoms with E-state index in [1.54, 1.807) is 0 Å². The minimum Gasteiger partial charge on any atom is -0.394 e. The second kappa shape index (κ2) is 8.81. The van der Waals surface area contributed by atoms with Crippen LogP contribution in [0.5, 0.6) is 0 Å². The molecule has 1 saturated heterocycles. The number of likely N-dealkylation sites (tertiary alicyclic amines) is 1. The van der Waals surface area contributed by atoms with Gasteiger partial charge >= 0.3 is 0 Å². The molecule has 5 heteroatoms. The van der Waals surface area contributed by atoms with Crippen molar-refractivity contribution in [2.24, 2.45) is 5.92 Å². The van der Waals surface area contributed by atoms with E-state index in [4.69, 9.17) is 5.11 Å². The molecule has 0 spiro atoms. The van der Waals surface area contributed by atoms with Gasteiger partial charge in [0.2, 0.25) is 0 Å². The maximum absolute atomic E-state index is 9.09. The first-order chi connectivity index (χ1) is 10.2. The number of hydrogen-bond donors (Lipinski definition) is 1. The molecular weight excluding hydrogens is 282 g/mol. The fourth-order valence-electron chi connectivity index (χ4n) is 2.94. The van der Waals surface area contributed by atoms with Gasteiger partial charge in [0.25, 0.3) is 0 Å². The highest BCUT2D eigenvalue weighted by molar-refractivity contribution is 7.99. The molecule has 0 aromatic carbocycles. The standard InChI is InChI=1S/C16H29N3OS/c1-14(2)13-21-12-10-18-7-4-15(5-8-18)16-3-6-17-19(16)9-11-20/h3,6,14-15,20H,4-5,7-13H2,1-2H3. The molecule has 1 aromatic heterocycles. The SMILES string of the molecule is CC(C)CSCCN1CCC(c2ccnn2CCO)CC1. The van der Waals surface area contributed by atoms with E-state index in [2.05, 4.69) is 41.7 Å². The highest BCUT2D eigenvalue weighted by Gasteiger charge is 2.22. The monoisotopic (exact) mass is 311 g/mol. The topological polar surface area (TPSA) is 41.3 Å². The molecule has 0 atom stereocenters. The van der Waals surface area contributed by atoms with Crippen LogP contribution in [0.15, 0.2) is 12.3 Å². The Hall–Kier alpha value is -0.520. The van der Waals surface area contributed by atoms with Crippen molar-refractivity contribution in [3.05, 3.63) is 18.0 Å². The smallest absolute Gasteiger partial charge is 0.0644 e. The lowest BCUT2D eigenvalue weighted by atomic mass is 9.93. The minimum absolute atomic E-state index is 0.167. The molecule has 0 radical (unpaired) electrons. The number of hydrogen-bond acceptors (Lipinski definition) is 4. The number of piperidine rings is 1. The Labute approximate surface area is 132 Å². The predicted molar refractivity (Wildman–Crippen MR) is 89.9 cm³/mol. The van der Waals surface area contributed by atoms with Gasteiger partial charge in [0.15, 0.2) is 0 Å². The summed E-state index contributed by atoms with van der Waals surface area (Å²) in [4.78, 5) is 2.59. The summed E-state index contributed by atoms with van der Waals surface area (Å²) in [5.41, 5.74) is 1.30. The average molecular weight is 311 g/mol. The zero-order valence-corrected chi connectivity index (χ0v) is 14.2. The van der Waals surface area contributed by atoms with Crippen molar-refractivity contribution < 1.29 is 5.11 Å². The summed E-state index contributed by atoms with van der Waals surface area (Å²) in [6.45, 7) is 8.96. The fourth-order valence-corrected chi connectivity index (χ4v) is 3.96. The lowest BCUT2D eigenvalue weighted by molar-refractivity contribution is 0.216. The Kier molecular flexibility index (Phi) is 7.07. The van der Waals surface area contributed by atoms with Crippen LogP contribution in [0.25, 0.3) is 0 Å². The zero-order valence-electron chi connectivity index (χ0n) is 13.4. The van der Waals surface area contributed by atoms with E-state index in [-0.39, 0.29) is 6.61 Å². The van der Waals surface area contributed by atoms with E-state index < -0.39 is 0 Å². The summed E-state index contributed by atoms with van der Waals surface area (Å²) in [6.07, 6.45) is 4.29.